The van der Waals surface area contributed by atoms with Gasteiger partial charge in [0.2, 0.25) is 5.60 Å². The number of ether oxygens (including phenoxy) is 3. The molecule has 0 unspecified atom stereocenters. The van der Waals surface area contributed by atoms with Crippen molar-refractivity contribution in [2.24, 2.45) is 5.73 Å². The van der Waals surface area contributed by atoms with E-state index in [9.17, 15) is 14.4 Å². The van der Waals surface area contributed by atoms with Gasteiger partial charge in [0, 0.05) is 6.54 Å². The van der Waals surface area contributed by atoms with E-state index < -0.39 is 23.5 Å². The van der Waals surface area contributed by atoms with Gasteiger partial charge in [-0.25, -0.2) is 4.79 Å². The minimum absolute atomic E-state index is 0.0993. The quantitative estimate of drug-likeness (QED) is 0.328. The van der Waals surface area contributed by atoms with Crippen molar-refractivity contribution < 1.29 is 28.6 Å². The first-order valence-corrected chi connectivity index (χ1v) is 6.68. The molecule has 0 rings (SSSR count). The van der Waals surface area contributed by atoms with Crippen LogP contribution in [0.2, 0.25) is 0 Å². The SMILES string of the molecule is CC(C)OC(=O)C(C)(C)OC(=O)CNCCOC(=O)CN. The summed E-state index contributed by atoms with van der Waals surface area (Å²) >= 11 is 0. The van der Waals surface area contributed by atoms with E-state index in [1.54, 1.807) is 13.8 Å². The molecule has 0 radical (unpaired) electrons. The van der Waals surface area contributed by atoms with Gasteiger partial charge in [-0.1, -0.05) is 0 Å². The zero-order chi connectivity index (χ0) is 16.5. The van der Waals surface area contributed by atoms with Gasteiger partial charge in [-0.15, -0.1) is 0 Å². The molecule has 0 heterocycles. The summed E-state index contributed by atoms with van der Waals surface area (Å²) < 4.78 is 14.7. The molecule has 0 bridgehead atoms. The van der Waals surface area contributed by atoms with Crippen LogP contribution in [0.25, 0.3) is 0 Å². The van der Waals surface area contributed by atoms with Crippen LogP contribution in [0, 0.1) is 0 Å². The maximum atomic E-state index is 11.7. The maximum absolute atomic E-state index is 11.7. The predicted octanol–water partition coefficient (Wildman–Crippen LogP) is -0.649. The number of nitrogens with two attached hydrogens (primary N) is 1. The highest BCUT2D eigenvalue weighted by Gasteiger charge is 2.34. The molecule has 8 heteroatoms. The van der Waals surface area contributed by atoms with Crippen LogP contribution in [-0.2, 0) is 28.6 Å². The standard InChI is InChI=1S/C13H24N2O6/c1-9(2)20-12(18)13(3,4)21-11(17)8-15-5-6-19-10(16)7-14/h9,15H,5-8,14H2,1-4H3. The summed E-state index contributed by atoms with van der Waals surface area (Å²) in [6.07, 6.45) is -0.286. The summed E-state index contributed by atoms with van der Waals surface area (Å²) in [5.74, 6) is -1.73. The molecule has 0 amide bonds. The molecule has 0 fully saturated rings. The highest BCUT2D eigenvalue weighted by Crippen LogP contribution is 2.13. The molecule has 0 saturated heterocycles. The van der Waals surface area contributed by atoms with Gasteiger partial charge in [-0.3, -0.25) is 9.59 Å². The van der Waals surface area contributed by atoms with E-state index in [0.717, 1.165) is 0 Å². The number of hydrogen-bond acceptors (Lipinski definition) is 8. The zero-order valence-corrected chi connectivity index (χ0v) is 12.9. The van der Waals surface area contributed by atoms with E-state index in [1.165, 1.54) is 13.8 Å². The second-order valence-electron chi connectivity index (χ2n) is 5.04. The molecule has 0 aliphatic rings. The van der Waals surface area contributed by atoms with Crippen molar-refractivity contribution in [3.05, 3.63) is 0 Å². The maximum Gasteiger partial charge on any atom is 0.350 e. The normalized spacial score (nSPS) is 11.1. The van der Waals surface area contributed by atoms with Gasteiger partial charge >= 0.3 is 17.9 Å². The number of carbonyl (C=O) groups excluding carboxylic acids is 3. The third-order valence-corrected chi connectivity index (χ3v) is 2.18. The first kappa shape index (κ1) is 19.3. The molecular formula is C13H24N2O6. The second kappa shape index (κ2) is 9.30. The molecule has 21 heavy (non-hydrogen) atoms. The number of carbonyl (C=O) groups is 3. The summed E-state index contributed by atoms with van der Waals surface area (Å²) in [4.78, 5) is 34.0. The Hall–Kier alpha value is -1.67. The van der Waals surface area contributed by atoms with E-state index in [0.29, 0.717) is 0 Å². The third kappa shape index (κ3) is 8.98. The molecule has 0 aromatic carbocycles. The molecule has 0 saturated carbocycles. The smallest absolute Gasteiger partial charge is 0.350 e. The number of hydrogen-bond donors (Lipinski definition) is 2. The van der Waals surface area contributed by atoms with Crippen LogP contribution in [0.3, 0.4) is 0 Å². The Morgan fingerprint density at radius 2 is 1.81 bits per heavy atom. The van der Waals surface area contributed by atoms with Crippen LogP contribution in [0.4, 0.5) is 0 Å². The van der Waals surface area contributed by atoms with Gasteiger partial charge < -0.3 is 25.3 Å². The predicted molar refractivity (Wildman–Crippen MR) is 74.3 cm³/mol. The van der Waals surface area contributed by atoms with E-state index >= 15 is 0 Å². The van der Waals surface area contributed by atoms with Crippen molar-refractivity contribution in [3.8, 4) is 0 Å². The van der Waals surface area contributed by atoms with Crippen LogP contribution in [0.5, 0.6) is 0 Å². The summed E-state index contributed by atoms with van der Waals surface area (Å²) in [5, 5.41) is 2.72. The van der Waals surface area contributed by atoms with E-state index in [2.05, 4.69) is 5.32 Å². The highest BCUT2D eigenvalue weighted by molar-refractivity contribution is 5.83. The van der Waals surface area contributed by atoms with E-state index in [-0.39, 0.29) is 32.3 Å². The first-order valence-electron chi connectivity index (χ1n) is 6.68. The van der Waals surface area contributed by atoms with Gasteiger partial charge in [0.15, 0.2) is 0 Å². The van der Waals surface area contributed by atoms with Crippen molar-refractivity contribution in [1.82, 2.24) is 5.32 Å². The summed E-state index contributed by atoms with van der Waals surface area (Å²) in [5.41, 5.74) is 3.70. The van der Waals surface area contributed by atoms with Crippen molar-refractivity contribution in [1.29, 1.82) is 0 Å². The highest BCUT2D eigenvalue weighted by atomic mass is 16.6. The Morgan fingerprint density at radius 3 is 2.33 bits per heavy atom. The fraction of sp³-hybridized carbons (Fsp3) is 0.769. The lowest BCUT2D eigenvalue weighted by Gasteiger charge is -2.24. The first-order chi connectivity index (χ1) is 9.69. The molecule has 0 atom stereocenters. The lowest BCUT2D eigenvalue weighted by molar-refractivity contribution is -0.180. The average molecular weight is 304 g/mol. The van der Waals surface area contributed by atoms with Crippen LogP contribution >= 0.6 is 0 Å². The zero-order valence-electron chi connectivity index (χ0n) is 12.9. The van der Waals surface area contributed by atoms with Crippen molar-refractivity contribution in [3.63, 3.8) is 0 Å². The molecule has 0 aliphatic heterocycles. The van der Waals surface area contributed by atoms with E-state index in [1.807, 2.05) is 0 Å². The lowest BCUT2D eigenvalue weighted by atomic mass is 10.1. The molecule has 3 N–H and O–H groups in total. The number of rotatable bonds is 9. The van der Waals surface area contributed by atoms with Crippen LogP contribution in [0.15, 0.2) is 0 Å². The summed E-state index contributed by atoms with van der Waals surface area (Å²) in [7, 11) is 0. The third-order valence-electron chi connectivity index (χ3n) is 2.18. The Labute approximate surface area is 124 Å². The molecule has 122 valence electrons. The van der Waals surface area contributed by atoms with Gasteiger partial charge in [0.25, 0.3) is 0 Å². The monoisotopic (exact) mass is 304 g/mol. The topological polar surface area (TPSA) is 117 Å². The van der Waals surface area contributed by atoms with Crippen molar-refractivity contribution in [2.75, 3.05) is 26.2 Å². The van der Waals surface area contributed by atoms with Crippen LogP contribution in [-0.4, -0.2) is 55.9 Å². The van der Waals surface area contributed by atoms with Gasteiger partial charge in [0.1, 0.15) is 6.61 Å². The minimum atomic E-state index is -1.35. The molecular weight excluding hydrogens is 280 g/mol. The lowest BCUT2D eigenvalue weighted by Crippen LogP contribution is -2.42. The van der Waals surface area contributed by atoms with Crippen molar-refractivity contribution in [2.45, 2.75) is 39.4 Å². The molecule has 0 aromatic heterocycles. The Kier molecular flexibility index (Phi) is 8.56. The Bertz CT molecular complexity index is 368. The summed E-state index contributed by atoms with van der Waals surface area (Å²) in [6.45, 7) is 6.41. The average Bonchev–Trinajstić information content (AvgIpc) is 2.36. The largest absolute Gasteiger partial charge is 0.463 e. The molecule has 0 spiro atoms. The number of nitrogens with one attached hydrogen (secondary N) is 1. The molecule has 8 nitrogen and oxygen atoms in total. The number of esters is 3. The van der Waals surface area contributed by atoms with Gasteiger partial charge in [-0.2, -0.15) is 0 Å². The fourth-order valence-corrected chi connectivity index (χ4v) is 1.20. The van der Waals surface area contributed by atoms with E-state index in [4.69, 9.17) is 19.9 Å². The molecule has 0 aliphatic carbocycles. The fourth-order valence-electron chi connectivity index (χ4n) is 1.20. The van der Waals surface area contributed by atoms with Crippen LogP contribution < -0.4 is 11.1 Å². The minimum Gasteiger partial charge on any atom is -0.463 e. The Morgan fingerprint density at radius 1 is 1.19 bits per heavy atom. The van der Waals surface area contributed by atoms with Gasteiger partial charge in [-0.05, 0) is 27.7 Å². The second-order valence-corrected chi connectivity index (χ2v) is 5.04. The van der Waals surface area contributed by atoms with Crippen LogP contribution in [0.1, 0.15) is 27.7 Å². The van der Waals surface area contributed by atoms with Crippen molar-refractivity contribution >= 4 is 17.9 Å². The summed E-state index contributed by atoms with van der Waals surface area (Å²) in [6, 6.07) is 0. The van der Waals surface area contributed by atoms with Gasteiger partial charge in [0.05, 0.1) is 19.2 Å². The Balaban J connectivity index is 3.97. The molecule has 0 aromatic rings.